The highest BCUT2D eigenvalue weighted by molar-refractivity contribution is 8.00. The summed E-state index contributed by atoms with van der Waals surface area (Å²) < 4.78 is 5.34. The highest BCUT2D eigenvalue weighted by Crippen LogP contribution is 2.23. The first-order valence-electron chi connectivity index (χ1n) is 8.63. The van der Waals surface area contributed by atoms with Crippen LogP contribution in [0.3, 0.4) is 0 Å². The lowest BCUT2D eigenvalue weighted by Gasteiger charge is -2.05. The number of thioether (sulfide) groups is 1. The van der Waals surface area contributed by atoms with E-state index in [1.807, 2.05) is 35.7 Å². The smallest absolute Gasteiger partial charge is 0.316 e. The summed E-state index contributed by atoms with van der Waals surface area (Å²) in [5.74, 6) is 0.0560. The van der Waals surface area contributed by atoms with Crippen LogP contribution in [0.25, 0.3) is 0 Å². The molecule has 4 nitrogen and oxygen atoms in total. The maximum Gasteiger partial charge on any atom is 0.316 e. The second-order valence-electron chi connectivity index (χ2n) is 6.33. The molecule has 1 heterocycles. The number of hydrogen-bond donors (Lipinski definition) is 1. The molecule has 2 aromatic carbocycles. The van der Waals surface area contributed by atoms with Crippen molar-refractivity contribution in [3.05, 3.63) is 70.2 Å². The Morgan fingerprint density at radius 1 is 1.11 bits per heavy atom. The van der Waals surface area contributed by atoms with Crippen LogP contribution >= 0.6 is 23.1 Å². The molecule has 0 unspecified atom stereocenters. The van der Waals surface area contributed by atoms with Crippen molar-refractivity contribution in [2.45, 2.75) is 32.3 Å². The molecule has 1 aromatic heterocycles. The van der Waals surface area contributed by atoms with Crippen LogP contribution in [0.4, 0.5) is 10.8 Å². The average molecular weight is 399 g/mol. The van der Waals surface area contributed by atoms with Gasteiger partial charge in [-0.2, -0.15) is 0 Å². The van der Waals surface area contributed by atoms with Crippen molar-refractivity contribution in [3.63, 3.8) is 0 Å². The quantitative estimate of drug-likeness (QED) is 0.412. The fraction of sp³-hybridized carbons (Fsp3) is 0.238. The van der Waals surface area contributed by atoms with Gasteiger partial charge in [-0.25, -0.2) is 4.98 Å². The molecule has 0 saturated carbocycles. The van der Waals surface area contributed by atoms with E-state index < -0.39 is 0 Å². The summed E-state index contributed by atoms with van der Waals surface area (Å²) in [7, 11) is 0. The third-order valence-corrected chi connectivity index (χ3v) is 5.84. The lowest BCUT2D eigenvalue weighted by Crippen LogP contribution is -2.07. The highest BCUT2D eigenvalue weighted by Gasteiger charge is 2.08. The van der Waals surface area contributed by atoms with Gasteiger partial charge in [0.05, 0.1) is 11.4 Å². The zero-order valence-corrected chi connectivity index (χ0v) is 17.2. The molecule has 0 aliphatic heterocycles. The van der Waals surface area contributed by atoms with Gasteiger partial charge in [0.1, 0.15) is 6.61 Å². The highest BCUT2D eigenvalue weighted by atomic mass is 32.2. The van der Waals surface area contributed by atoms with Crippen molar-refractivity contribution in [1.82, 2.24) is 4.98 Å². The molecule has 0 fully saturated rings. The normalized spacial score (nSPS) is 10.6. The summed E-state index contributed by atoms with van der Waals surface area (Å²) in [4.78, 5) is 17.5. The molecule has 6 heteroatoms. The maximum atomic E-state index is 12.0. The van der Waals surface area contributed by atoms with E-state index in [1.54, 1.807) is 0 Å². The van der Waals surface area contributed by atoms with Crippen molar-refractivity contribution in [1.29, 1.82) is 0 Å². The predicted molar refractivity (Wildman–Crippen MR) is 113 cm³/mol. The van der Waals surface area contributed by atoms with Gasteiger partial charge in [-0.1, -0.05) is 23.8 Å². The third-order valence-electron chi connectivity index (χ3n) is 4.07. The van der Waals surface area contributed by atoms with E-state index in [0.717, 1.165) is 21.4 Å². The van der Waals surface area contributed by atoms with E-state index >= 15 is 0 Å². The molecular formula is C21H22N2O2S2. The Kier molecular flexibility index (Phi) is 6.53. The van der Waals surface area contributed by atoms with Crippen LogP contribution in [0.2, 0.25) is 0 Å². The molecule has 1 N–H and O–H groups in total. The molecule has 0 aliphatic carbocycles. The largest absolute Gasteiger partial charge is 0.459 e. The Morgan fingerprint density at radius 2 is 1.89 bits per heavy atom. The number of carbonyl (C=O) groups excluding carboxylic acids is 1. The third kappa shape index (κ3) is 5.84. The number of carbonyl (C=O) groups is 1. The van der Waals surface area contributed by atoms with E-state index in [9.17, 15) is 4.79 Å². The first-order valence-corrected chi connectivity index (χ1v) is 10.5. The number of esters is 1. The van der Waals surface area contributed by atoms with E-state index in [2.05, 4.69) is 43.2 Å². The van der Waals surface area contributed by atoms with Gasteiger partial charge in [0.15, 0.2) is 5.13 Å². The number of aromatic nitrogens is 1. The first kappa shape index (κ1) is 19.5. The number of anilines is 2. The maximum absolute atomic E-state index is 12.0. The molecule has 140 valence electrons. The molecular weight excluding hydrogens is 376 g/mol. The number of rotatable bonds is 7. The number of hydrogen-bond acceptors (Lipinski definition) is 6. The zero-order chi connectivity index (χ0) is 19.2. The van der Waals surface area contributed by atoms with Gasteiger partial charge in [-0.3, -0.25) is 4.79 Å². The summed E-state index contributed by atoms with van der Waals surface area (Å²) in [6, 6.07) is 14.3. The van der Waals surface area contributed by atoms with E-state index in [0.29, 0.717) is 5.75 Å². The Balaban J connectivity index is 1.45. The average Bonchev–Trinajstić information content (AvgIpc) is 3.10. The molecule has 0 bridgehead atoms. The van der Waals surface area contributed by atoms with Crippen LogP contribution in [-0.2, 0) is 16.1 Å². The monoisotopic (exact) mass is 398 g/mol. The van der Waals surface area contributed by atoms with Crippen molar-refractivity contribution in [3.8, 4) is 0 Å². The zero-order valence-electron chi connectivity index (χ0n) is 15.6. The Labute approximate surface area is 168 Å². The number of nitrogens with zero attached hydrogens (tertiary/aromatic N) is 1. The minimum absolute atomic E-state index is 0.193. The van der Waals surface area contributed by atoms with Gasteiger partial charge in [-0.15, -0.1) is 23.1 Å². The van der Waals surface area contributed by atoms with Crippen molar-refractivity contribution >= 4 is 39.9 Å². The van der Waals surface area contributed by atoms with Crippen molar-refractivity contribution in [2.24, 2.45) is 0 Å². The number of thiazole rings is 1. The molecule has 3 rings (SSSR count). The van der Waals surface area contributed by atoms with Crippen LogP contribution < -0.4 is 5.32 Å². The van der Waals surface area contributed by atoms with Crippen LogP contribution in [0.1, 0.15) is 22.4 Å². The summed E-state index contributed by atoms with van der Waals surface area (Å²) in [6.45, 7) is 6.40. The minimum atomic E-state index is -0.237. The second kappa shape index (κ2) is 9.06. The molecule has 27 heavy (non-hydrogen) atoms. The molecule has 0 amide bonds. The fourth-order valence-electron chi connectivity index (χ4n) is 2.33. The van der Waals surface area contributed by atoms with Crippen molar-refractivity contribution in [2.75, 3.05) is 11.1 Å². The Morgan fingerprint density at radius 3 is 2.63 bits per heavy atom. The molecule has 0 atom stereocenters. The number of aryl methyl sites for hydroxylation is 3. The minimum Gasteiger partial charge on any atom is -0.459 e. The van der Waals surface area contributed by atoms with Crippen LogP contribution in [-0.4, -0.2) is 16.7 Å². The molecule has 0 aliphatic rings. The van der Waals surface area contributed by atoms with Gasteiger partial charge >= 0.3 is 5.97 Å². The van der Waals surface area contributed by atoms with Crippen LogP contribution in [0, 0.1) is 20.8 Å². The molecule has 0 spiro atoms. The number of benzene rings is 2. The SMILES string of the molecule is Cc1ccc(Nc2nc(COC(=O)CSc3ccc(C)c(C)c3)cs2)cc1. The van der Waals surface area contributed by atoms with Gasteiger partial charge in [0.25, 0.3) is 0 Å². The number of nitrogens with one attached hydrogen (secondary N) is 1. The topological polar surface area (TPSA) is 51.2 Å². The molecule has 0 radical (unpaired) electrons. The van der Waals surface area contributed by atoms with Gasteiger partial charge in [-0.05, 0) is 56.2 Å². The fourth-order valence-corrected chi connectivity index (χ4v) is 3.84. The van der Waals surface area contributed by atoms with Crippen LogP contribution in [0.15, 0.2) is 52.7 Å². The second-order valence-corrected chi connectivity index (χ2v) is 8.24. The van der Waals surface area contributed by atoms with Gasteiger partial charge < -0.3 is 10.1 Å². The lowest BCUT2D eigenvalue weighted by atomic mass is 10.1. The van der Waals surface area contributed by atoms with E-state index in [4.69, 9.17) is 4.74 Å². The predicted octanol–water partition coefficient (Wildman–Crippen LogP) is 5.65. The molecule has 3 aromatic rings. The standard InChI is InChI=1S/C21H22N2O2S2/c1-14-4-7-17(8-5-14)22-21-23-18(12-27-21)11-25-20(24)13-26-19-9-6-15(2)16(3)10-19/h4-10,12H,11,13H2,1-3H3,(H,22,23). The Bertz CT molecular complexity index is 920. The molecule has 0 saturated heterocycles. The number of ether oxygens (including phenoxy) is 1. The summed E-state index contributed by atoms with van der Waals surface area (Å²) in [6.07, 6.45) is 0. The summed E-state index contributed by atoms with van der Waals surface area (Å²) in [5.41, 5.74) is 5.43. The lowest BCUT2D eigenvalue weighted by molar-refractivity contribution is -0.141. The van der Waals surface area contributed by atoms with Crippen LogP contribution in [0.5, 0.6) is 0 Å². The van der Waals surface area contributed by atoms with Gasteiger partial charge in [0, 0.05) is 16.0 Å². The summed E-state index contributed by atoms with van der Waals surface area (Å²) >= 11 is 2.98. The van der Waals surface area contributed by atoms with E-state index in [-0.39, 0.29) is 12.6 Å². The first-order chi connectivity index (χ1) is 13.0. The summed E-state index contributed by atoms with van der Waals surface area (Å²) in [5, 5.41) is 5.95. The van der Waals surface area contributed by atoms with Crippen molar-refractivity contribution < 1.29 is 9.53 Å². The Hall–Kier alpha value is -2.31. The van der Waals surface area contributed by atoms with E-state index in [1.165, 1.54) is 39.8 Å². The van der Waals surface area contributed by atoms with Gasteiger partial charge in [0.2, 0.25) is 0 Å².